The number of rotatable bonds is 3. The van der Waals surface area contributed by atoms with Crippen LogP contribution in [0.2, 0.25) is 0 Å². The Morgan fingerprint density at radius 3 is 2.97 bits per heavy atom. The van der Waals surface area contributed by atoms with Gasteiger partial charge >= 0.3 is 0 Å². The summed E-state index contributed by atoms with van der Waals surface area (Å²) < 4.78 is 5.37. The summed E-state index contributed by atoms with van der Waals surface area (Å²) in [5.74, 6) is 0.125. The fourth-order valence-electron chi connectivity index (χ4n) is 4.09. The number of carbonyl (C=O) groups is 1. The number of benzene rings is 2. The molecule has 3 heterocycles. The number of aryl methyl sites for hydroxylation is 1. The van der Waals surface area contributed by atoms with Crippen molar-refractivity contribution in [2.24, 2.45) is 0 Å². The molecule has 0 bridgehead atoms. The normalized spacial score (nSPS) is 13.1. The van der Waals surface area contributed by atoms with Crippen LogP contribution in [0.15, 0.2) is 65.4 Å². The maximum atomic E-state index is 12.9. The van der Waals surface area contributed by atoms with E-state index in [1.807, 2.05) is 48.2 Å². The first-order valence-electron chi connectivity index (χ1n) is 9.71. The van der Waals surface area contributed by atoms with Crippen molar-refractivity contribution >= 4 is 28.3 Å². The van der Waals surface area contributed by atoms with Crippen LogP contribution in [0.3, 0.4) is 0 Å². The maximum Gasteiger partial charge on any atom is 0.231 e. The first kappa shape index (κ1) is 17.5. The number of nitrogen functional groups attached to an aromatic ring is 1. The van der Waals surface area contributed by atoms with Crippen LogP contribution in [0, 0.1) is 6.92 Å². The number of amides is 1. The number of hydrogen-bond donors (Lipinski definition) is 1. The van der Waals surface area contributed by atoms with Gasteiger partial charge < -0.3 is 15.1 Å². The van der Waals surface area contributed by atoms with Gasteiger partial charge in [-0.25, -0.2) is 0 Å². The molecule has 0 fully saturated rings. The van der Waals surface area contributed by atoms with Crippen molar-refractivity contribution in [1.82, 2.24) is 4.98 Å². The zero-order valence-corrected chi connectivity index (χ0v) is 16.2. The van der Waals surface area contributed by atoms with Crippen molar-refractivity contribution < 1.29 is 9.21 Å². The van der Waals surface area contributed by atoms with Crippen LogP contribution in [0.4, 0.5) is 11.4 Å². The molecule has 1 amide bonds. The molecule has 0 spiro atoms. The third kappa shape index (κ3) is 3.05. The van der Waals surface area contributed by atoms with E-state index in [2.05, 4.69) is 17.1 Å². The smallest absolute Gasteiger partial charge is 0.231 e. The van der Waals surface area contributed by atoms with Crippen LogP contribution in [0.1, 0.15) is 16.7 Å². The van der Waals surface area contributed by atoms with Crippen molar-refractivity contribution in [3.8, 4) is 11.3 Å². The molecule has 1 aliphatic heterocycles. The van der Waals surface area contributed by atoms with Crippen LogP contribution in [0.5, 0.6) is 0 Å². The number of anilines is 2. The molecular weight excluding hydrogens is 362 g/mol. The third-order valence-corrected chi connectivity index (χ3v) is 5.54. The van der Waals surface area contributed by atoms with Gasteiger partial charge in [0.2, 0.25) is 5.91 Å². The van der Waals surface area contributed by atoms with Crippen molar-refractivity contribution in [2.45, 2.75) is 19.8 Å². The molecular formula is C24H21N3O2. The van der Waals surface area contributed by atoms with Gasteiger partial charge in [0.25, 0.3) is 0 Å². The van der Waals surface area contributed by atoms with E-state index < -0.39 is 0 Å². The topological polar surface area (TPSA) is 72.4 Å². The number of hydrogen-bond acceptors (Lipinski definition) is 4. The first-order valence-corrected chi connectivity index (χ1v) is 9.71. The molecule has 0 unspecified atom stereocenters. The van der Waals surface area contributed by atoms with Gasteiger partial charge in [-0.2, -0.15) is 0 Å². The Balaban J connectivity index is 1.44. The van der Waals surface area contributed by atoms with Gasteiger partial charge in [0.1, 0.15) is 0 Å². The zero-order chi connectivity index (χ0) is 20.0. The molecule has 1 aliphatic rings. The number of fused-ring (bicyclic) bond motifs is 2. The summed E-state index contributed by atoms with van der Waals surface area (Å²) in [6.07, 6.45) is 4.56. The molecule has 5 nitrogen and oxygen atoms in total. The molecule has 0 aliphatic carbocycles. The van der Waals surface area contributed by atoms with E-state index in [-0.39, 0.29) is 5.91 Å². The predicted molar refractivity (Wildman–Crippen MR) is 115 cm³/mol. The second kappa shape index (κ2) is 6.78. The highest BCUT2D eigenvalue weighted by Crippen LogP contribution is 2.36. The first-order chi connectivity index (χ1) is 14.1. The molecule has 144 valence electrons. The van der Waals surface area contributed by atoms with Gasteiger partial charge in [0.15, 0.2) is 5.58 Å². The van der Waals surface area contributed by atoms with E-state index >= 15 is 0 Å². The zero-order valence-electron chi connectivity index (χ0n) is 16.2. The molecule has 2 aromatic carbocycles. The second-order valence-electron chi connectivity index (χ2n) is 7.52. The third-order valence-electron chi connectivity index (χ3n) is 5.54. The van der Waals surface area contributed by atoms with Crippen LogP contribution in [-0.4, -0.2) is 17.4 Å². The van der Waals surface area contributed by atoms with Crippen LogP contribution in [0.25, 0.3) is 22.2 Å². The van der Waals surface area contributed by atoms with Gasteiger partial charge in [-0.05, 0) is 42.7 Å². The van der Waals surface area contributed by atoms with Gasteiger partial charge in [-0.3, -0.25) is 9.78 Å². The fourth-order valence-corrected chi connectivity index (χ4v) is 4.09. The lowest BCUT2D eigenvalue weighted by atomic mass is 10.0. The summed E-state index contributed by atoms with van der Waals surface area (Å²) in [5, 5.41) is 0.866. The van der Waals surface area contributed by atoms with Crippen molar-refractivity contribution in [1.29, 1.82) is 0 Å². The molecule has 0 saturated carbocycles. The Kier molecular flexibility index (Phi) is 4.09. The fraction of sp³-hybridized carbons (Fsp3) is 0.167. The molecule has 2 aromatic heterocycles. The number of nitrogens with zero attached hydrogens (tertiary/aromatic N) is 2. The van der Waals surface area contributed by atoms with Gasteiger partial charge in [0.05, 0.1) is 30.3 Å². The average Bonchev–Trinajstić information content (AvgIpc) is 3.35. The second-order valence-corrected chi connectivity index (χ2v) is 7.52. The monoisotopic (exact) mass is 383 g/mol. The van der Waals surface area contributed by atoms with Crippen molar-refractivity contribution in [2.75, 3.05) is 17.2 Å². The molecule has 29 heavy (non-hydrogen) atoms. The largest absolute Gasteiger partial charge is 0.463 e. The highest BCUT2D eigenvalue weighted by molar-refractivity contribution is 5.99. The van der Waals surface area contributed by atoms with E-state index in [0.717, 1.165) is 39.9 Å². The van der Waals surface area contributed by atoms with Gasteiger partial charge in [0, 0.05) is 23.2 Å². The molecule has 5 rings (SSSR count). The van der Waals surface area contributed by atoms with E-state index in [1.165, 1.54) is 5.56 Å². The van der Waals surface area contributed by atoms with E-state index in [1.54, 1.807) is 12.5 Å². The van der Waals surface area contributed by atoms with Crippen molar-refractivity contribution in [3.63, 3.8) is 0 Å². The quantitative estimate of drug-likeness (QED) is 0.565. The lowest BCUT2D eigenvalue weighted by molar-refractivity contribution is -0.117. The maximum absolute atomic E-state index is 12.9. The lowest BCUT2D eigenvalue weighted by Crippen LogP contribution is -2.30. The Morgan fingerprint density at radius 1 is 1.21 bits per heavy atom. The summed E-state index contributed by atoms with van der Waals surface area (Å²) >= 11 is 0. The SMILES string of the molecule is Cc1cccc(CC(=O)N2CCc3cc(-c4ncc5occc5c4N)ccc32)c1. The lowest BCUT2D eigenvalue weighted by Gasteiger charge is -2.18. The minimum atomic E-state index is 0.125. The number of carbonyl (C=O) groups excluding carboxylic acids is 1. The molecule has 0 radical (unpaired) electrons. The van der Waals surface area contributed by atoms with Gasteiger partial charge in [-0.1, -0.05) is 35.9 Å². The van der Waals surface area contributed by atoms with E-state index in [4.69, 9.17) is 10.2 Å². The molecule has 5 heteroatoms. The summed E-state index contributed by atoms with van der Waals surface area (Å²) in [4.78, 5) is 19.3. The van der Waals surface area contributed by atoms with Crippen LogP contribution in [-0.2, 0) is 17.6 Å². The summed E-state index contributed by atoms with van der Waals surface area (Å²) in [6, 6.07) is 16.1. The highest BCUT2D eigenvalue weighted by Gasteiger charge is 2.25. The highest BCUT2D eigenvalue weighted by atomic mass is 16.3. The Hall–Kier alpha value is -3.60. The number of aromatic nitrogens is 1. The Morgan fingerprint density at radius 2 is 2.10 bits per heavy atom. The standard InChI is InChI=1S/C24H21N3O2/c1-15-3-2-4-16(11-15)12-22(28)27-9-7-17-13-18(5-6-20(17)27)24-23(25)19-8-10-29-21(19)14-26-24/h2-6,8,10-11,13-14H,7,9,12,25H2,1H3. The molecule has 2 N–H and O–H groups in total. The molecule has 0 saturated heterocycles. The minimum absolute atomic E-state index is 0.125. The molecule has 4 aromatic rings. The Labute approximate surface area is 168 Å². The summed E-state index contributed by atoms with van der Waals surface area (Å²) in [7, 11) is 0. The van der Waals surface area contributed by atoms with Crippen LogP contribution >= 0.6 is 0 Å². The van der Waals surface area contributed by atoms with E-state index in [9.17, 15) is 4.79 Å². The van der Waals surface area contributed by atoms with Gasteiger partial charge in [-0.15, -0.1) is 0 Å². The number of nitrogens with two attached hydrogens (primary N) is 1. The molecule has 0 atom stereocenters. The minimum Gasteiger partial charge on any atom is -0.463 e. The number of furan rings is 1. The van der Waals surface area contributed by atoms with Crippen molar-refractivity contribution in [3.05, 3.63) is 77.7 Å². The number of pyridine rings is 1. The predicted octanol–water partition coefficient (Wildman–Crippen LogP) is 4.52. The summed E-state index contributed by atoms with van der Waals surface area (Å²) in [5.41, 5.74) is 13.7. The van der Waals surface area contributed by atoms with Crippen LogP contribution < -0.4 is 10.6 Å². The Bertz CT molecular complexity index is 1240. The van der Waals surface area contributed by atoms with E-state index in [0.29, 0.717) is 24.2 Å². The summed E-state index contributed by atoms with van der Waals surface area (Å²) in [6.45, 7) is 2.74. The average molecular weight is 383 g/mol.